The van der Waals surface area contributed by atoms with Crippen LogP contribution in [0.4, 0.5) is 4.79 Å². The van der Waals surface area contributed by atoms with Crippen molar-refractivity contribution >= 4 is 23.7 Å². The molecule has 35 heavy (non-hydrogen) atoms. The lowest BCUT2D eigenvalue weighted by Crippen LogP contribution is -2.56. The highest BCUT2D eigenvalue weighted by Crippen LogP contribution is 2.24. The summed E-state index contributed by atoms with van der Waals surface area (Å²) in [6.07, 6.45) is 1.31. The van der Waals surface area contributed by atoms with Crippen molar-refractivity contribution in [3.63, 3.8) is 0 Å². The number of carbonyl (C=O) groups is 4. The first kappa shape index (κ1) is 25.7. The van der Waals surface area contributed by atoms with Crippen LogP contribution in [-0.2, 0) is 19.1 Å². The molecule has 0 saturated carbocycles. The summed E-state index contributed by atoms with van der Waals surface area (Å²) in [6, 6.07) is 14.5. The number of esters is 1. The van der Waals surface area contributed by atoms with Gasteiger partial charge in [-0.3, -0.25) is 14.4 Å². The van der Waals surface area contributed by atoms with Crippen molar-refractivity contribution in [2.24, 2.45) is 0 Å². The molecule has 1 aliphatic rings. The predicted octanol–water partition coefficient (Wildman–Crippen LogP) is 3.74. The molecule has 2 unspecified atom stereocenters. The smallest absolute Gasteiger partial charge is 0.316 e. The van der Waals surface area contributed by atoms with Gasteiger partial charge in [-0.15, -0.1) is 0 Å². The quantitative estimate of drug-likeness (QED) is 0.487. The second-order valence-corrected chi connectivity index (χ2v) is 9.51. The molecule has 8 heteroatoms. The van der Waals surface area contributed by atoms with E-state index in [-0.39, 0.29) is 6.42 Å². The Hall–Kier alpha value is -3.94. The van der Waals surface area contributed by atoms with E-state index in [0.29, 0.717) is 11.1 Å². The normalized spacial score (nSPS) is 16.9. The van der Waals surface area contributed by atoms with Crippen LogP contribution in [0.25, 0.3) is 11.1 Å². The van der Waals surface area contributed by atoms with E-state index >= 15 is 0 Å². The highest BCUT2D eigenvalue weighted by molar-refractivity contribution is 6.16. The van der Waals surface area contributed by atoms with Crippen LogP contribution >= 0.6 is 0 Å². The van der Waals surface area contributed by atoms with Gasteiger partial charge in [-0.25, -0.2) is 4.79 Å². The first-order chi connectivity index (χ1) is 16.4. The van der Waals surface area contributed by atoms with Crippen molar-refractivity contribution in [2.45, 2.75) is 51.8 Å². The summed E-state index contributed by atoms with van der Waals surface area (Å²) in [5, 5.41) is 5.19. The lowest BCUT2D eigenvalue weighted by Gasteiger charge is -2.28. The topological polar surface area (TPSA) is 105 Å². The van der Waals surface area contributed by atoms with E-state index in [1.165, 1.54) is 18.1 Å². The highest BCUT2D eigenvalue weighted by atomic mass is 16.6. The van der Waals surface area contributed by atoms with Gasteiger partial charge in [-0.05, 0) is 44.4 Å². The number of urea groups is 1. The van der Waals surface area contributed by atoms with Crippen molar-refractivity contribution in [3.8, 4) is 11.1 Å². The maximum absolute atomic E-state index is 12.8. The SMILES string of the molecule is CC1=CN(C)C(=O)C(NC(=O)NC(CC(=O)OC(C)(C)C)c2ccc(-c3ccccc3)cc2)C1=O. The number of carbonyl (C=O) groups excluding carboxylic acids is 4. The average molecular weight is 478 g/mol. The van der Waals surface area contributed by atoms with E-state index in [1.807, 2.05) is 54.6 Å². The maximum Gasteiger partial charge on any atom is 0.316 e. The fourth-order valence-corrected chi connectivity index (χ4v) is 3.76. The number of hydrogen-bond acceptors (Lipinski definition) is 5. The molecule has 2 aromatic carbocycles. The summed E-state index contributed by atoms with van der Waals surface area (Å²) >= 11 is 0. The Labute approximate surface area is 205 Å². The maximum atomic E-state index is 12.8. The number of likely N-dealkylation sites (N-methyl/N-ethyl adjacent to an activating group) is 1. The van der Waals surface area contributed by atoms with Crippen LogP contribution in [0.2, 0.25) is 0 Å². The number of benzene rings is 2. The van der Waals surface area contributed by atoms with E-state index in [9.17, 15) is 19.2 Å². The van der Waals surface area contributed by atoms with Crippen LogP contribution in [0.15, 0.2) is 66.4 Å². The molecule has 1 aliphatic heterocycles. The summed E-state index contributed by atoms with van der Waals surface area (Å²) in [7, 11) is 1.52. The largest absolute Gasteiger partial charge is 0.460 e. The molecule has 0 bridgehead atoms. The zero-order valence-electron chi connectivity index (χ0n) is 20.6. The molecule has 0 radical (unpaired) electrons. The molecule has 2 N–H and O–H groups in total. The van der Waals surface area contributed by atoms with E-state index in [1.54, 1.807) is 27.7 Å². The van der Waals surface area contributed by atoms with E-state index in [4.69, 9.17) is 4.74 Å². The molecular formula is C27H31N3O5. The zero-order chi connectivity index (χ0) is 25.8. The summed E-state index contributed by atoms with van der Waals surface area (Å²) in [4.78, 5) is 51.5. The first-order valence-corrected chi connectivity index (χ1v) is 11.4. The van der Waals surface area contributed by atoms with Gasteiger partial charge in [0.25, 0.3) is 5.91 Å². The number of ether oxygens (including phenoxy) is 1. The van der Waals surface area contributed by atoms with Crippen LogP contribution < -0.4 is 10.6 Å². The predicted molar refractivity (Wildman–Crippen MR) is 132 cm³/mol. The van der Waals surface area contributed by atoms with Crippen molar-refractivity contribution in [3.05, 3.63) is 71.9 Å². The third kappa shape index (κ3) is 6.79. The lowest BCUT2D eigenvalue weighted by atomic mass is 9.99. The fourth-order valence-electron chi connectivity index (χ4n) is 3.76. The van der Waals surface area contributed by atoms with Gasteiger partial charge in [0.2, 0.25) is 0 Å². The molecule has 184 valence electrons. The number of nitrogens with one attached hydrogen (secondary N) is 2. The molecule has 8 nitrogen and oxygen atoms in total. The van der Waals surface area contributed by atoms with Gasteiger partial charge >= 0.3 is 12.0 Å². The van der Waals surface area contributed by atoms with Gasteiger partial charge in [0.1, 0.15) is 5.60 Å². The number of ketones is 1. The Bertz CT molecular complexity index is 1130. The van der Waals surface area contributed by atoms with Crippen LogP contribution in [-0.4, -0.2) is 47.3 Å². The third-order valence-corrected chi connectivity index (χ3v) is 5.42. The van der Waals surface area contributed by atoms with Gasteiger partial charge in [0.05, 0.1) is 12.5 Å². The van der Waals surface area contributed by atoms with Crippen molar-refractivity contribution < 1.29 is 23.9 Å². The Morgan fingerprint density at radius 2 is 1.60 bits per heavy atom. The van der Waals surface area contributed by atoms with Gasteiger partial charge < -0.3 is 20.3 Å². The van der Waals surface area contributed by atoms with E-state index in [0.717, 1.165) is 11.1 Å². The standard InChI is InChI=1S/C27H31N3O5/c1-17-16-30(5)25(33)23(24(17)32)29-26(34)28-21(15-22(31)35-27(2,3)4)20-13-11-19(12-14-20)18-9-7-6-8-10-18/h6-14,16,21,23H,15H2,1-5H3,(H2,28,29,34). The number of rotatable bonds is 6. The minimum atomic E-state index is -1.33. The minimum absolute atomic E-state index is 0.124. The van der Waals surface area contributed by atoms with Gasteiger partial charge in [-0.1, -0.05) is 54.6 Å². The number of hydrogen-bond donors (Lipinski definition) is 2. The summed E-state index contributed by atoms with van der Waals surface area (Å²) < 4.78 is 5.44. The number of Topliss-reactive ketones (excluding diaryl/α,β-unsaturated/α-hetero) is 1. The van der Waals surface area contributed by atoms with Gasteiger partial charge in [0, 0.05) is 18.8 Å². The first-order valence-electron chi connectivity index (χ1n) is 11.4. The molecule has 3 amide bonds. The zero-order valence-corrected chi connectivity index (χ0v) is 20.6. The molecule has 0 fully saturated rings. The van der Waals surface area contributed by atoms with Crippen molar-refractivity contribution in [1.29, 1.82) is 0 Å². The van der Waals surface area contributed by atoms with Crippen LogP contribution in [0, 0.1) is 0 Å². The monoisotopic (exact) mass is 477 g/mol. The molecule has 0 saturated heterocycles. The fraction of sp³-hybridized carbons (Fsp3) is 0.333. The Kier molecular flexibility index (Phi) is 7.74. The molecule has 3 rings (SSSR count). The summed E-state index contributed by atoms with van der Waals surface area (Å²) in [5.41, 5.74) is 2.38. The molecule has 2 aromatic rings. The van der Waals surface area contributed by atoms with E-state index < -0.39 is 41.4 Å². The molecule has 0 aliphatic carbocycles. The number of amides is 3. The Morgan fingerprint density at radius 1 is 1.00 bits per heavy atom. The van der Waals surface area contributed by atoms with E-state index in [2.05, 4.69) is 10.6 Å². The van der Waals surface area contributed by atoms with Crippen LogP contribution in [0.1, 0.15) is 45.7 Å². The van der Waals surface area contributed by atoms with Crippen LogP contribution in [0.3, 0.4) is 0 Å². The Balaban J connectivity index is 1.80. The molecule has 1 heterocycles. The number of nitrogens with zero attached hydrogens (tertiary/aromatic N) is 1. The van der Waals surface area contributed by atoms with Crippen LogP contribution in [0.5, 0.6) is 0 Å². The lowest BCUT2D eigenvalue weighted by molar-refractivity contribution is -0.155. The van der Waals surface area contributed by atoms with Gasteiger partial charge in [-0.2, -0.15) is 0 Å². The highest BCUT2D eigenvalue weighted by Gasteiger charge is 2.35. The summed E-state index contributed by atoms with van der Waals surface area (Å²) in [6.45, 7) is 6.88. The minimum Gasteiger partial charge on any atom is -0.460 e. The molecule has 0 aromatic heterocycles. The van der Waals surface area contributed by atoms with Crippen molar-refractivity contribution in [1.82, 2.24) is 15.5 Å². The molecular weight excluding hydrogens is 446 g/mol. The second kappa shape index (κ2) is 10.5. The average Bonchev–Trinajstić information content (AvgIpc) is 2.79. The Morgan fingerprint density at radius 3 is 2.20 bits per heavy atom. The third-order valence-electron chi connectivity index (χ3n) is 5.42. The molecule has 0 spiro atoms. The van der Waals surface area contributed by atoms with Crippen molar-refractivity contribution in [2.75, 3.05) is 7.05 Å². The second-order valence-electron chi connectivity index (χ2n) is 9.51. The van der Waals surface area contributed by atoms with Gasteiger partial charge in [0.15, 0.2) is 11.8 Å². The summed E-state index contributed by atoms with van der Waals surface area (Å²) in [5.74, 6) is -1.50. The molecule has 2 atom stereocenters.